The monoisotopic (exact) mass is 319 g/mol. The summed E-state index contributed by atoms with van der Waals surface area (Å²) in [6, 6.07) is 15.8. The predicted octanol–water partition coefficient (Wildman–Crippen LogP) is 4.64. The van der Waals surface area contributed by atoms with E-state index in [4.69, 9.17) is 4.42 Å². The maximum Gasteiger partial charge on any atom is 0.152 e. The van der Waals surface area contributed by atoms with Crippen molar-refractivity contribution in [3.8, 4) is 28.4 Å². The quantitative estimate of drug-likeness (QED) is 0.552. The lowest BCUT2D eigenvalue weighted by Crippen LogP contribution is -1.98. The van der Waals surface area contributed by atoms with Gasteiger partial charge < -0.3 is 4.42 Å². The van der Waals surface area contributed by atoms with Crippen molar-refractivity contribution in [2.24, 2.45) is 0 Å². The van der Waals surface area contributed by atoms with Crippen LogP contribution in [0.1, 0.15) is 5.76 Å². The highest BCUT2D eigenvalue weighted by molar-refractivity contribution is 5.67. The minimum absolute atomic E-state index is 0.282. The second-order valence-electron chi connectivity index (χ2n) is 5.45. The smallest absolute Gasteiger partial charge is 0.152 e. The minimum atomic E-state index is -0.282. The summed E-state index contributed by atoms with van der Waals surface area (Å²) in [6.07, 6.45) is 3.45. The van der Waals surface area contributed by atoms with Crippen molar-refractivity contribution >= 4 is 0 Å². The highest BCUT2D eigenvalue weighted by Gasteiger charge is 2.15. The average molecular weight is 319 g/mol. The van der Waals surface area contributed by atoms with E-state index in [1.807, 2.05) is 37.3 Å². The standard InChI is InChI=1S/C19H14FN3O/c1-13-2-7-19(24-13)18-12-17(14-8-10-21-11-9-14)22-23(18)16-5-3-15(20)4-6-16/h2-12H,1H3. The maximum absolute atomic E-state index is 13.2. The Morgan fingerprint density at radius 2 is 1.71 bits per heavy atom. The molecule has 4 aromatic rings. The van der Waals surface area contributed by atoms with Crippen LogP contribution in [0.15, 0.2) is 71.4 Å². The van der Waals surface area contributed by atoms with Crippen LogP contribution in [0.25, 0.3) is 28.4 Å². The van der Waals surface area contributed by atoms with E-state index in [0.717, 1.165) is 28.4 Å². The van der Waals surface area contributed by atoms with Crippen molar-refractivity contribution in [1.82, 2.24) is 14.8 Å². The van der Waals surface area contributed by atoms with Crippen LogP contribution in [-0.4, -0.2) is 14.8 Å². The van der Waals surface area contributed by atoms with Crippen LogP contribution in [0.5, 0.6) is 0 Å². The lowest BCUT2D eigenvalue weighted by atomic mass is 10.2. The molecule has 5 heteroatoms. The maximum atomic E-state index is 13.2. The number of hydrogen-bond donors (Lipinski definition) is 0. The molecular weight excluding hydrogens is 305 g/mol. The number of aryl methyl sites for hydroxylation is 1. The van der Waals surface area contributed by atoms with E-state index in [2.05, 4.69) is 10.1 Å². The van der Waals surface area contributed by atoms with Crippen molar-refractivity contribution < 1.29 is 8.81 Å². The van der Waals surface area contributed by atoms with Gasteiger partial charge >= 0.3 is 0 Å². The number of halogens is 1. The fourth-order valence-electron chi connectivity index (χ4n) is 2.57. The van der Waals surface area contributed by atoms with Gasteiger partial charge in [-0.15, -0.1) is 0 Å². The normalized spacial score (nSPS) is 10.9. The molecule has 0 amide bonds. The van der Waals surface area contributed by atoms with Crippen LogP contribution in [-0.2, 0) is 0 Å². The zero-order valence-corrected chi connectivity index (χ0v) is 13.0. The number of hydrogen-bond acceptors (Lipinski definition) is 3. The Bertz CT molecular complexity index is 972. The van der Waals surface area contributed by atoms with E-state index in [1.54, 1.807) is 29.2 Å². The van der Waals surface area contributed by atoms with Gasteiger partial charge in [-0.2, -0.15) is 5.10 Å². The Hall–Kier alpha value is -3.21. The lowest BCUT2D eigenvalue weighted by Gasteiger charge is -2.05. The first kappa shape index (κ1) is 14.4. The molecule has 0 N–H and O–H groups in total. The van der Waals surface area contributed by atoms with Crippen molar-refractivity contribution in [3.63, 3.8) is 0 Å². The van der Waals surface area contributed by atoms with Gasteiger partial charge in [0.1, 0.15) is 17.3 Å². The molecule has 118 valence electrons. The third-order valence-corrected chi connectivity index (χ3v) is 3.75. The number of aromatic nitrogens is 3. The third-order valence-electron chi connectivity index (χ3n) is 3.75. The Labute approximate surface area is 138 Å². The van der Waals surface area contributed by atoms with Crippen molar-refractivity contribution in [3.05, 3.63) is 78.6 Å². The van der Waals surface area contributed by atoms with Gasteiger partial charge in [0, 0.05) is 18.0 Å². The Morgan fingerprint density at radius 3 is 2.38 bits per heavy atom. The zero-order chi connectivity index (χ0) is 16.5. The molecule has 0 atom stereocenters. The Morgan fingerprint density at radius 1 is 0.958 bits per heavy atom. The lowest BCUT2D eigenvalue weighted by molar-refractivity contribution is 0.544. The topological polar surface area (TPSA) is 43.9 Å². The molecule has 0 fully saturated rings. The Balaban J connectivity index is 1.90. The Kier molecular flexibility index (Phi) is 3.46. The summed E-state index contributed by atoms with van der Waals surface area (Å²) in [6.45, 7) is 1.89. The van der Waals surface area contributed by atoms with Crippen LogP contribution in [0, 0.1) is 12.7 Å². The van der Waals surface area contributed by atoms with Crippen molar-refractivity contribution in [2.45, 2.75) is 6.92 Å². The van der Waals surface area contributed by atoms with Gasteiger partial charge in [0.25, 0.3) is 0 Å². The van der Waals surface area contributed by atoms with Gasteiger partial charge in [-0.25, -0.2) is 9.07 Å². The molecule has 0 aliphatic carbocycles. The minimum Gasteiger partial charge on any atom is -0.460 e. The molecule has 24 heavy (non-hydrogen) atoms. The molecule has 0 saturated carbocycles. The highest BCUT2D eigenvalue weighted by atomic mass is 19.1. The first-order valence-electron chi connectivity index (χ1n) is 7.54. The van der Waals surface area contributed by atoms with Crippen LogP contribution < -0.4 is 0 Å². The number of furan rings is 1. The fraction of sp³-hybridized carbons (Fsp3) is 0.0526. The molecule has 0 bridgehead atoms. The van der Waals surface area contributed by atoms with Crippen LogP contribution in [0.3, 0.4) is 0 Å². The molecule has 4 nitrogen and oxygen atoms in total. The van der Waals surface area contributed by atoms with Crippen LogP contribution in [0.4, 0.5) is 4.39 Å². The molecule has 0 saturated heterocycles. The van der Waals surface area contributed by atoms with Gasteiger partial charge in [-0.05, 0) is 61.5 Å². The summed E-state index contributed by atoms with van der Waals surface area (Å²) >= 11 is 0. The number of rotatable bonds is 3. The molecule has 4 rings (SSSR count). The summed E-state index contributed by atoms with van der Waals surface area (Å²) in [5.41, 5.74) is 3.32. The highest BCUT2D eigenvalue weighted by Crippen LogP contribution is 2.29. The van der Waals surface area contributed by atoms with Crippen molar-refractivity contribution in [1.29, 1.82) is 0 Å². The number of benzene rings is 1. The summed E-state index contributed by atoms with van der Waals surface area (Å²) in [7, 11) is 0. The molecule has 1 aromatic carbocycles. The van der Waals surface area contributed by atoms with E-state index in [-0.39, 0.29) is 5.82 Å². The predicted molar refractivity (Wildman–Crippen MR) is 89.2 cm³/mol. The van der Waals surface area contributed by atoms with Gasteiger partial charge in [0.2, 0.25) is 0 Å². The molecule has 3 aromatic heterocycles. The van der Waals surface area contributed by atoms with Crippen LogP contribution >= 0.6 is 0 Å². The fourth-order valence-corrected chi connectivity index (χ4v) is 2.57. The van der Waals surface area contributed by atoms with Crippen molar-refractivity contribution in [2.75, 3.05) is 0 Å². The van der Waals surface area contributed by atoms with E-state index < -0.39 is 0 Å². The van der Waals surface area contributed by atoms with Gasteiger partial charge in [0.05, 0.1) is 11.4 Å². The molecule has 0 aliphatic rings. The largest absolute Gasteiger partial charge is 0.460 e. The summed E-state index contributed by atoms with van der Waals surface area (Å²) in [4.78, 5) is 4.03. The van der Waals surface area contributed by atoms with E-state index in [9.17, 15) is 4.39 Å². The first-order chi connectivity index (χ1) is 11.7. The second kappa shape index (κ2) is 5.77. The molecule has 0 spiro atoms. The van der Waals surface area contributed by atoms with E-state index in [1.165, 1.54) is 12.1 Å². The van der Waals surface area contributed by atoms with Gasteiger partial charge in [-0.3, -0.25) is 4.98 Å². The summed E-state index contributed by atoms with van der Waals surface area (Å²) < 4.78 is 20.8. The van der Waals surface area contributed by atoms with E-state index >= 15 is 0 Å². The average Bonchev–Trinajstić information content (AvgIpc) is 3.23. The summed E-state index contributed by atoms with van der Waals surface area (Å²) in [5.74, 6) is 1.25. The zero-order valence-electron chi connectivity index (χ0n) is 13.0. The van der Waals surface area contributed by atoms with Gasteiger partial charge in [0.15, 0.2) is 5.76 Å². The molecule has 0 unspecified atom stereocenters. The SMILES string of the molecule is Cc1ccc(-c2cc(-c3ccncc3)nn2-c2ccc(F)cc2)o1. The van der Waals surface area contributed by atoms with Gasteiger partial charge in [-0.1, -0.05) is 0 Å². The third kappa shape index (κ3) is 2.60. The van der Waals surface area contributed by atoms with Crippen LogP contribution in [0.2, 0.25) is 0 Å². The number of nitrogens with zero attached hydrogens (tertiary/aromatic N) is 3. The second-order valence-corrected chi connectivity index (χ2v) is 5.45. The number of pyridine rings is 1. The molecule has 3 heterocycles. The molecular formula is C19H14FN3O. The molecule has 0 radical (unpaired) electrons. The first-order valence-corrected chi connectivity index (χ1v) is 7.54. The van der Waals surface area contributed by atoms with E-state index in [0.29, 0.717) is 5.76 Å². The summed E-state index contributed by atoms with van der Waals surface area (Å²) in [5, 5.41) is 4.67. The molecule has 0 aliphatic heterocycles.